The van der Waals surface area contributed by atoms with Gasteiger partial charge in [0, 0.05) is 10.9 Å². The molecule has 0 aromatic heterocycles. The minimum Gasteiger partial charge on any atom is -0.496 e. The third-order valence-electron chi connectivity index (χ3n) is 2.20. The van der Waals surface area contributed by atoms with Gasteiger partial charge in [0.1, 0.15) is 5.75 Å². The number of carboxylic acid groups (broad SMARTS) is 1. The number of alkyl halides is 1. The van der Waals surface area contributed by atoms with Gasteiger partial charge in [-0.25, -0.2) is 0 Å². The lowest BCUT2D eigenvalue weighted by atomic mass is 10.0. The van der Waals surface area contributed by atoms with Crippen LogP contribution >= 0.6 is 15.9 Å². The Kier molecular flexibility index (Phi) is 4.45. The Labute approximate surface area is 105 Å². The van der Waals surface area contributed by atoms with E-state index in [1.165, 1.54) is 19.2 Å². The number of carbonyl (C=O) groups is 1. The zero-order valence-electron chi connectivity index (χ0n) is 8.97. The maximum absolute atomic E-state index is 10.9. The largest absolute Gasteiger partial charge is 0.496 e. The second kappa shape index (κ2) is 5.62. The summed E-state index contributed by atoms with van der Waals surface area (Å²) in [5.74, 6) is -0.771. The standard InChI is InChI=1S/C10H10BrNO5/c1-17-7-2-6(3-10(13)14)8(5-11)9(4-7)12(15)16/h2,4H,3,5H2,1H3,(H,13,14). The van der Waals surface area contributed by atoms with Gasteiger partial charge in [-0.15, -0.1) is 0 Å². The summed E-state index contributed by atoms with van der Waals surface area (Å²) in [7, 11) is 1.37. The highest BCUT2D eigenvalue weighted by molar-refractivity contribution is 9.08. The Balaban J connectivity index is 3.38. The lowest BCUT2D eigenvalue weighted by Crippen LogP contribution is -2.06. The fraction of sp³-hybridized carbons (Fsp3) is 0.300. The topological polar surface area (TPSA) is 89.7 Å². The number of aliphatic carboxylic acids is 1. The predicted molar refractivity (Wildman–Crippen MR) is 63.6 cm³/mol. The molecule has 0 aliphatic heterocycles. The van der Waals surface area contributed by atoms with E-state index in [4.69, 9.17) is 9.84 Å². The number of carboxylic acids is 1. The maximum Gasteiger partial charge on any atom is 0.307 e. The van der Waals surface area contributed by atoms with Gasteiger partial charge in [0.25, 0.3) is 5.69 Å². The van der Waals surface area contributed by atoms with Gasteiger partial charge in [0.05, 0.1) is 24.5 Å². The van der Waals surface area contributed by atoms with Crippen molar-refractivity contribution in [1.82, 2.24) is 0 Å². The fourth-order valence-corrected chi connectivity index (χ4v) is 2.09. The van der Waals surface area contributed by atoms with Crippen molar-refractivity contribution in [1.29, 1.82) is 0 Å². The molecule has 1 aromatic carbocycles. The molecule has 0 heterocycles. The summed E-state index contributed by atoms with van der Waals surface area (Å²) in [5, 5.41) is 19.8. The van der Waals surface area contributed by atoms with E-state index in [0.717, 1.165) is 0 Å². The van der Waals surface area contributed by atoms with E-state index in [0.29, 0.717) is 11.1 Å². The molecule has 6 nitrogen and oxygen atoms in total. The summed E-state index contributed by atoms with van der Waals surface area (Å²) in [4.78, 5) is 21.0. The van der Waals surface area contributed by atoms with Crippen LogP contribution in [-0.2, 0) is 16.5 Å². The lowest BCUT2D eigenvalue weighted by molar-refractivity contribution is -0.385. The van der Waals surface area contributed by atoms with E-state index in [-0.39, 0.29) is 23.2 Å². The van der Waals surface area contributed by atoms with Crippen LogP contribution in [0.1, 0.15) is 11.1 Å². The van der Waals surface area contributed by atoms with Crippen molar-refractivity contribution in [2.24, 2.45) is 0 Å². The Hall–Kier alpha value is -1.63. The van der Waals surface area contributed by atoms with Crippen LogP contribution in [0.25, 0.3) is 0 Å². The first-order chi connectivity index (χ1) is 7.99. The number of nitro groups is 1. The van der Waals surface area contributed by atoms with Crippen molar-refractivity contribution in [3.8, 4) is 5.75 Å². The second-order valence-corrected chi connectivity index (χ2v) is 3.81. The summed E-state index contributed by atoms with van der Waals surface area (Å²) < 4.78 is 4.91. The highest BCUT2D eigenvalue weighted by atomic mass is 79.9. The number of ether oxygens (including phenoxy) is 1. The van der Waals surface area contributed by atoms with Crippen LogP contribution in [0.5, 0.6) is 5.75 Å². The highest BCUT2D eigenvalue weighted by Gasteiger charge is 2.20. The number of methoxy groups -OCH3 is 1. The molecule has 0 atom stereocenters. The molecule has 17 heavy (non-hydrogen) atoms. The molecule has 1 rings (SSSR count). The summed E-state index contributed by atoms with van der Waals surface area (Å²) in [6.07, 6.45) is -0.279. The first-order valence-corrected chi connectivity index (χ1v) is 5.73. The Morgan fingerprint density at radius 2 is 2.24 bits per heavy atom. The molecular weight excluding hydrogens is 294 g/mol. The lowest BCUT2D eigenvalue weighted by Gasteiger charge is -2.08. The van der Waals surface area contributed by atoms with E-state index < -0.39 is 10.9 Å². The van der Waals surface area contributed by atoms with Crippen LogP contribution in [0, 0.1) is 10.1 Å². The van der Waals surface area contributed by atoms with Crippen LogP contribution in [0.2, 0.25) is 0 Å². The third kappa shape index (κ3) is 3.16. The van der Waals surface area contributed by atoms with Gasteiger partial charge in [0.15, 0.2) is 0 Å². The molecule has 7 heteroatoms. The predicted octanol–water partition coefficient (Wildman–Crippen LogP) is 2.13. The van der Waals surface area contributed by atoms with Crippen LogP contribution in [0.15, 0.2) is 12.1 Å². The van der Waals surface area contributed by atoms with E-state index in [2.05, 4.69) is 15.9 Å². The SMILES string of the molecule is COc1cc(CC(=O)O)c(CBr)c([N+](=O)[O-])c1. The summed E-state index contributed by atoms with van der Waals surface area (Å²) in [5.41, 5.74) is 0.594. The number of hydrogen-bond acceptors (Lipinski definition) is 4. The molecule has 0 aliphatic rings. The number of rotatable bonds is 5. The first-order valence-electron chi connectivity index (χ1n) is 4.61. The van der Waals surface area contributed by atoms with Gasteiger partial charge in [0.2, 0.25) is 0 Å². The van der Waals surface area contributed by atoms with Crippen molar-refractivity contribution in [3.05, 3.63) is 33.4 Å². The minimum atomic E-state index is -1.05. The molecule has 0 unspecified atom stereocenters. The molecule has 1 N–H and O–H groups in total. The molecule has 1 aromatic rings. The Bertz CT molecular complexity index is 460. The molecule has 0 spiro atoms. The van der Waals surface area contributed by atoms with Gasteiger partial charge in [-0.3, -0.25) is 14.9 Å². The zero-order valence-corrected chi connectivity index (χ0v) is 10.6. The van der Waals surface area contributed by atoms with Gasteiger partial charge >= 0.3 is 5.97 Å². The van der Waals surface area contributed by atoms with Crippen LogP contribution in [0.3, 0.4) is 0 Å². The Morgan fingerprint density at radius 1 is 1.59 bits per heavy atom. The van der Waals surface area contributed by atoms with E-state index >= 15 is 0 Å². The highest BCUT2D eigenvalue weighted by Crippen LogP contribution is 2.30. The average molecular weight is 304 g/mol. The molecule has 0 aliphatic carbocycles. The van der Waals surface area contributed by atoms with Crippen molar-refractivity contribution < 1.29 is 19.6 Å². The van der Waals surface area contributed by atoms with Crippen LogP contribution < -0.4 is 4.74 Å². The van der Waals surface area contributed by atoms with E-state index in [1.807, 2.05) is 0 Å². The summed E-state index contributed by atoms with van der Waals surface area (Å²) >= 11 is 3.13. The van der Waals surface area contributed by atoms with Gasteiger partial charge in [-0.1, -0.05) is 15.9 Å². The van der Waals surface area contributed by atoms with Crippen LogP contribution in [0.4, 0.5) is 5.69 Å². The first kappa shape index (κ1) is 13.4. The van der Waals surface area contributed by atoms with Gasteiger partial charge < -0.3 is 9.84 Å². The normalized spacial score (nSPS) is 10.0. The average Bonchev–Trinajstić information content (AvgIpc) is 2.26. The molecular formula is C10H10BrNO5. The van der Waals surface area contributed by atoms with Crippen LogP contribution in [-0.4, -0.2) is 23.1 Å². The summed E-state index contributed by atoms with van der Waals surface area (Å²) in [6.45, 7) is 0. The van der Waals surface area contributed by atoms with Crippen molar-refractivity contribution >= 4 is 27.6 Å². The third-order valence-corrected chi connectivity index (χ3v) is 2.76. The number of halogens is 1. The van der Waals surface area contributed by atoms with Gasteiger partial charge in [-0.2, -0.15) is 0 Å². The van der Waals surface area contributed by atoms with Crippen molar-refractivity contribution in [3.63, 3.8) is 0 Å². The fourth-order valence-electron chi connectivity index (χ4n) is 1.44. The quantitative estimate of drug-likeness (QED) is 0.511. The molecule has 0 fully saturated rings. The minimum absolute atomic E-state index is 0.141. The van der Waals surface area contributed by atoms with Crippen molar-refractivity contribution in [2.75, 3.05) is 7.11 Å². The number of benzene rings is 1. The number of nitro benzene ring substituents is 1. The molecule has 0 bridgehead atoms. The maximum atomic E-state index is 10.9. The number of nitrogens with zero attached hydrogens (tertiary/aromatic N) is 1. The summed E-state index contributed by atoms with van der Waals surface area (Å²) in [6, 6.07) is 2.78. The molecule has 0 amide bonds. The van der Waals surface area contributed by atoms with Crippen molar-refractivity contribution in [2.45, 2.75) is 11.8 Å². The molecule has 0 radical (unpaired) electrons. The Morgan fingerprint density at radius 3 is 2.65 bits per heavy atom. The smallest absolute Gasteiger partial charge is 0.307 e. The molecule has 0 saturated heterocycles. The molecule has 92 valence electrons. The van der Waals surface area contributed by atoms with E-state index in [9.17, 15) is 14.9 Å². The second-order valence-electron chi connectivity index (χ2n) is 3.25. The monoisotopic (exact) mass is 303 g/mol. The number of hydrogen-bond donors (Lipinski definition) is 1. The molecule has 0 saturated carbocycles. The van der Waals surface area contributed by atoms with Gasteiger partial charge in [-0.05, 0) is 11.6 Å². The van der Waals surface area contributed by atoms with E-state index in [1.54, 1.807) is 0 Å². The zero-order chi connectivity index (χ0) is 13.0.